The molecule has 0 radical (unpaired) electrons. The second-order valence-electron chi connectivity index (χ2n) is 8.25. The van der Waals surface area contributed by atoms with Crippen molar-refractivity contribution in [1.29, 1.82) is 0 Å². The number of nitrogens with zero attached hydrogens (tertiary/aromatic N) is 1. The Morgan fingerprint density at radius 3 is 2.60 bits per heavy atom. The van der Waals surface area contributed by atoms with Crippen molar-refractivity contribution < 1.29 is 19.3 Å². The van der Waals surface area contributed by atoms with Gasteiger partial charge in [-0.3, -0.25) is 0 Å². The van der Waals surface area contributed by atoms with Crippen molar-refractivity contribution in [2.75, 3.05) is 14.2 Å². The number of phenols is 1. The number of nitrogens with one attached hydrogen (secondary N) is 1. The summed E-state index contributed by atoms with van der Waals surface area (Å²) in [5.41, 5.74) is 3.31. The molecule has 0 aliphatic carbocycles. The zero-order chi connectivity index (χ0) is 21.6. The van der Waals surface area contributed by atoms with Gasteiger partial charge in [-0.05, 0) is 29.2 Å². The highest BCUT2D eigenvalue weighted by Gasteiger charge is 2.27. The summed E-state index contributed by atoms with van der Waals surface area (Å²) in [6.45, 7) is 6.31. The van der Waals surface area contributed by atoms with Crippen LogP contribution in [0.1, 0.15) is 37.5 Å². The summed E-state index contributed by atoms with van der Waals surface area (Å²) in [5, 5.41) is 10.6. The summed E-state index contributed by atoms with van der Waals surface area (Å²) in [6, 6.07) is 9.35. The monoisotopic (exact) mass is 424 g/mol. The number of benzene rings is 2. The molecule has 0 bridgehead atoms. The Bertz CT molecular complexity index is 1200. The van der Waals surface area contributed by atoms with Crippen molar-refractivity contribution in [2.45, 2.75) is 32.6 Å². The van der Waals surface area contributed by atoms with E-state index in [4.69, 9.17) is 26.4 Å². The highest BCUT2D eigenvalue weighted by molar-refractivity contribution is 7.71. The van der Waals surface area contributed by atoms with E-state index in [-0.39, 0.29) is 11.2 Å². The van der Waals surface area contributed by atoms with Gasteiger partial charge in [0.05, 0.1) is 25.3 Å². The number of hydrogen-bond donors (Lipinski definition) is 2. The van der Waals surface area contributed by atoms with Crippen LogP contribution in [0.2, 0.25) is 0 Å². The van der Waals surface area contributed by atoms with Gasteiger partial charge >= 0.3 is 0 Å². The maximum atomic E-state index is 10.6. The molecule has 0 fully saturated rings. The second-order valence-corrected chi connectivity index (χ2v) is 8.64. The summed E-state index contributed by atoms with van der Waals surface area (Å²) in [6.07, 6.45) is 0.528. The molecule has 0 atom stereocenters. The maximum Gasteiger partial charge on any atom is 0.205 e. The summed E-state index contributed by atoms with van der Waals surface area (Å²) in [7, 11) is 3.16. The van der Waals surface area contributed by atoms with Gasteiger partial charge in [-0.2, -0.15) is 0 Å². The van der Waals surface area contributed by atoms with Crippen molar-refractivity contribution >= 4 is 12.2 Å². The molecule has 1 aliphatic rings. The molecule has 2 N–H and O–H groups in total. The van der Waals surface area contributed by atoms with E-state index in [1.165, 1.54) is 0 Å². The number of methoxy groups -OCH3 is 2. The lowest BCUT2D eigenvalue weighted by molar-refractivity contribution is 0.356. The number of fused-ring (bicyclic) bond motifs is 2. The number of para-hydroxylation sites is 1. The first-order valence-corrected chi connectivity index (χ1v) is 10.0. The number of phenolic OH excluding ortho intramolecular Hbond substituents is 1. The predicted molar refractivity (Wildman–Crippen MR) is 118 cm³/mol. The molecule has 156 valence electrons. The van der Waals surface area contributed by atoms with Crippen molar-refractivity contribution in [3.63, 3.8) is 0 Å². The fraction of sp³-hybridized carbons (Fsp3) is 0.304. The number of H-pyrrole nitrogens is 1. The lowest BCUT2D eigenvalue weighted by Gasteiger charge is -2.25. The molecule has 0 saturated heterocycles. The van der Waals surface area contributed by atoms with Crippen LogP contribution in [-0.2, 0) is 11.8 Å². The minimum absolute atomic E-state index is 0.0965. The molecule has 7 heteroatoms. The van der Waals surface area contributed by atoms with Gasteiger partial charge < -0.3 is 24.3 Å². The molecule has 6 nitrogen and oxygen atoms in total. The number of ether oxygens (including phenoxy) is 3. The van der Waals surface area contributed by atoms with Crippen LogP contribution >= 0.6 is 12.2 Å². The first-order valence-electron chi connectivity index (χ1n) is 9.61. The maximum absolute atomic E-state index is 10.6. The van der Waals surface area contributed by atoms with Gasteiger partial charge in [0, 0.05) is 12.0 Å². The van der Waals surface area contributed by atoms with Gasteiger partial charge in [0.25, 0.3) is 0 Å². The largest absolute Gasteiger partial charge is 0.504 e. The fourth-order valence-electron chi connectivity index (χ4n) is 3.57. The highest BCUT2D eigenvalue weighted by Crippen LogP contribution is 2.45. The Morgan fingerprint density at radius 2 is 1.93 bits per heavy atom. The van der Waals surface area contributed by atoms with E-state index in [0.717, 1.165) is 16.7 Å². The van der Waals surface area contributed by atoms with Crippen LogP contribution in [0.15, 0.2) is 30.3 Å². The Morgan fingerprint density at radius 1 is 1.17 bits per heavy atom. The summed E-state index contributed by atoms with van der Waals surface area (Å²) in [5.74, 6) is 2.67. The lowest BCUT2D eigenvalue weighted by atomic mass is 9.85. The Labute approximate surface area is 180 Å². The Kier molecular flexibility index (Phi) is 4.94. The number of aromatic amines is 1. The molecule has 0 saturated carbocycles. The summed E-state index contributed by atoms with van der Waals surface area (Å²) >= 11 is 5.59. The normalized spacial score (nSPS) is 12.6. The van der Waals surface area contributed by atoms with E-state index in [9.17, 15) is 5.11 Å². The molecular weight excluding hydrogens is 400 g/mol. The third-order valence-corrected chi connectivity index (χ3v) is 5.56. The van der Waals surface area contributed by atoms with Crippen LogP contribution in [0.5, 0.6) is 28.9 Å². The van der Waals surface area contributed by atoms with E-state index in [1.54, 1.807) is 20.3 Å². The zero-order valence-electron chi connectivity index (χ0n) is 17.6. The van der Waals surface area contributed by atoms with Crippen LogP contribution in [0.25, 0.3) is 11.4 Å². The van der Waals surface area contributed by atoms with Crippen LogP contribution < -0.4 is 14.2 Å². The molecule has 0 unspecified atom stereocenters. The Balaban J connectivity index is 1.83. The minimum Gasteiger partial charge on any atom is -0.504 e. The molecule has 1 aliphatic heterocycles. The van der Waals surface area contributed by atoms with Crippen LogP contribution in [-0.4, -0.2) is 29.3 Å². The van der Waals surface area contributed by atoms with E-state index in [1.807, 2.05) is 18.2 Å². The zero-order valence-corrected chi connectivity index (χ0v) is 18.4. The first kappa shape index (κ1) is 20.2. The molecule has 30 heavy (non-hydrogen) atoms. The topological polar surface area (TPSA) is 76.6 Å². The smallest absolute Gasteiger partial charge is 0.205 e. The van der Waals surface area contributed by atoms with E-state index < -0.39 is 0 Å². The molecule has 2 heterocycles. The number of aromatic hydroxyl groups is 1. The summed E-state index contributed by atoms with van der Waals surface area (Å²) < 4.78 is 17.4. The van der Waals surface area contributed by atoms with E-state index >= 15 is 0 Å². The summed E-state index contributed by atoms with van der Waals surface area (Å²) in [4.78, 5) is 7.80. The van der Waals surface area contributed by atoms with Gasteiger partial charge in [0.15, 0.2) is 23.0 Å². The average molecular weight is 425 g/mol. The first-order chi connectivity index (χ1) is 14.2. The SMILES string of the molecule is COc1cccc(-c2nc(=S)c3c([nH]2)Oc2c(O)cc(C(C)(C)C)cc2C3)c1OC. The highest BCUT2D eigenvalue weighted by atomic mass is 32.1. The van der Waals surface area contributed by atoms with Crippen molar-refractivity contribution in [3.8, 4) is 40.3 Å². The number of hydrogen-bond acceptors (Lipinski definition) is 6. The predicted octanol–water partition coefficient (Wildman–Crippen LogP) is 5.52. The minimum atomic E-state index is -0.0965. The standard InChI is InChI=1S/C23H24N2O4S/c1-23(2,3)13-9-12-10-15-21(29-18(12)16(26)11-13)24-20(25-22(15)30)14-7-6-8-17(27-4)19(14)28-5/h6-9,11,26H,10H2,1-5H3,(H,24,25,30). The average Bonchev–Trinajstić information content (AvgIpc) is 2.71. The number of rotatable bonds is 3. The van der Waals surface area contributed by atoms with Crippen molar-refractivity contribution in [1.82, 2.24) is 9.97 Å². The molecular formula is C23H24N2O4S. The molecule has 1 aromatic heterocycles. The molecule has 0 spiro atoms. The van der Waals surface area contributed by atoms with Gasteiger partial charge in [-0.15, -0.1) is 0 Å². The quantitative estimate of drug-likeness (QED) is 0.422. The second kappa shape index (κ2) is 7.32. The van der Waals surface area contributed by atoms with Crippen molar-refractivity contribution in [2.24, 2.45) is 0 Å². The van der Waals surface area contributed by atoms with Gasteiger partial charge in [-0.1, -0.05) is 45.1 Å². The molecule has 0 amide bonds. The third-order valence-electron chi connectivity index (χ3n) is 5.22. The Hall–Kier alpha value is -3.06. The van der Waals surface area contributed by atoms with Crippen molar-refractivity contribution in [3.05, 3.63) is 51.7 Å². The van der Waals surface area contributed by atoms with Gasteiger partial charge in [0.1, 0.15) is 10.5 Å². The lowest BCUT2D eigenvalue weighted by Crippen LogP contribution is -2.14. The molecule has 2 aromatic carbocycles. The van der Waals surface area contributed by atoms with E-state index in [0.29, 0.717) is 45.6 Å². The molecule has 3 aromatic rings. The van der Waals surface area contributed by atoms with Crippen LogP contribution in [0.4, 0.5) is 0 Å². The van der Waals surface area contributed by atoms with E-state index in [2.05, 4.69) is 36.8 Å². The van der Waals surface area contributed by atoms with Crippen LogP contribution in [0, 0.1) is 4.64 Å². The van der Waals surface area contributed by atoms with Gasteiger partial charge in [0.2, 0.25) is 5.88 Å². The number of aromatic nitrogens is 2. The van der Waals surface area contributed by atoms with Crippen LogP contribution in [0.3, 0.4) is 0 Å². The third kappa shape index (κ3) is 3.39. The fourth-order valence-corrected chi connectivity index (χ4v) is 3.82. The van der Waals surface area contributed by atoms with Gasteiger partial charge in [-0.25, -0.2) is 4.98 Å². The molecule has 4 rings (SSSR count).